The first kappa shape index (κ1) is 6.92. The van der Waals surface area contributed by atoms with E-state index in [1.807, 2.05) is 12.1 Å². The van der Waals surface area contributed by atoms with Gasteiger partial charge in [-0.15, -0.1) is 0 Å². The molecule has 11 heavy (non-hydrogen) atoms. The van der Waals surface area contributed by atoms with Crippen LogP contribution in [0, 0.1) is 5.92 Å². The van der Waals surface area contributed by atoms with E-state index in [2.05, 4.69) is 0 Å². The van der Waals surface area contributed by atoms with Crippen molar-refractivity contribution in [1.82, 2.24) is 0 Å². The van der Waals surface area contributed by atoms with E-state index in [1.165, 1.54) is 19.3 Å². The van der Waals surface area contributed by atoms with Crippen molar-refractivity contribution < 1.29 is 4.42 Å². The molecular formula is C9H13NO. The van der Waals surface area contributed by atoms with Crippen molar-refractivity contribution in [3.8, 4) is 0 Å². The molecule has 1 saturated carbocycles. The molecule has 60 valence electrons. The van der Waals surface area contributed by atoms with Crippen LogP contribution < -0.4 is 5.73 Å². The van der Waals surface area contributed by atoms with Crippen molar-refractivity contribution >= 4 is 0 Å². The molecule has 0 aliphatic heterocycles. The molecule has 2 nitrogen and oxygen atoms in total. The number of hydrogen-bond donors (Lipinski definition) is 1. The lowest BCUT2D eigenvalue weighted by Crippen LogP contribution is -2.26. The van der Waals surface area contributed by atoms with E-state index in [9.17, 15) is 0 Å². The first-order valence-corrected chi connectivity index (χ1v) is 4.17. The highest BCUT2D eigenvalue weighted by atomic mass is 16.3. The van der Waals surface area contributed by atoms with Crippen molar-refractivity contribution in [3.05, 3.63) is 24.2 Å². The molecule has 1 aromatic heterocycles. The molecule has 0 bridgehead atoms. The van der Waals surface area contributed by atoms with Gasteiger partial charge < -0.3 is 10.2 Å². The minimum Gasteiger partial charge on any atom is -0.468 e. The molecule has 0 saturated heterocycles. The van der Waals surface area contributed by atoms with Crippen LogP contribution in [-0.4, -0.2) is 0 Å². The summed E-state index contributed by atoms with van der Waals surface area (Å²) in [6.45, 7) is 0. The molecule has 0 unspecified atom stereocenters. The van der Waals surface area contributed by atoms with Crippen LogP contribution in [0.2, 0.25) is 0 Å². The molecule has 1 atom stereocenters. The quantitative estimate of drug-likeness (QED) is 0.702. The summed E-state index contributed by atoms with van der Waals surface area (Å²) < 4.78 is 5.23. The van der Waals surface area contributed by atoms with E-state index in [0.717, 1.165) is 5.76 Å². The Morgan fingerprint density at radius 3 is 2.82 bits per heavy atom. The minimum atomic E-state index is 0.138. The SMILES string of the molecule is N[C@@H](c1ccco1)C1CCC1. The molecule has 1 heterocycles. The summed E-state index contributed by atoms with van der Waals surface area (Å²) in [5.74, 6) is 1.61. The summed E-state index contributed by atoms with van der Waals surface area (Å²) in [5.41, 5.74) is 5.95. The summed E-state index contributed by atoms with van der Waals surface area (Å²) in [4.78, 5) is 0. The Morgan fingerprint density at radius 1 is 1.55 bits per heavy atom. The lowest BCUT2D eigenvalue weighted by Gasteiger charge is -2.29. The van der Waals surface area contributed by atoms with Gasteiger partial charge in [0.25, 0.3) is 0 Å². The highest BCUT2D eigenvalue weighted by Gasteiger charge is 2.26. The van der Waals surface area contributed by atoms with E-state index in [0.29, 0.717) is 5.92 Å². The molecule has 1 aliphatic rings. The molecule has 2 heteroatoms. The van der Waals surface area contributed by atoms with Crippen molar-refractivity contribution in [1.29, 1.82) is 0 Å². The van der Waals surface area contributed by atoms with Crippen molar-refractivity contribution in [2.45, 2.75) is 25.3 Å². The summed E-state index contributed by atoms with van der Waals surface area (Å²) in [6, 6.07) is 4.00. The van der Waals surface area contributed by atoms with E-state index >= 15 is 0 Å². The van der Waals surface area contributed by atoms with Crippen LogP contribution in [0.5, 0.6) is 0 Å². The van der Waals surface area contributed by atoms with E-state index in [4.69, 9.17) is 10.2 Å². The fraction of sp³-hybridized carbons (Fsp3) is 0.556. The first-order chi connectivity index (χ1) is 5.38. The van der Waals surface area contributed by atoms with Crippen LogP contribution in [0.4, 0.5) is 0 Å². The van der Waals surface area contributed by atoms with Gasteiger partial charge in [-0.05, 0) is 30.9 Å². The van der Waals surface area contributed by atoms with Crippen LogP contribution in [0.25, 0.3) is 0 Å². The summed E-state index contributed by atoms with van der Waals surface area (Å²) in [5, 5.41) is 0. The summed E-state index contributed by atoms with van der Waals surface area (Å²) in [7, 11) is 0. The van der Waals surface area contributed by atoms with Gasteiger partial charge in [0.1, 0.15) is 5.76 Å². The number of hydrogen-bond acceptors (Lipinski definition) is 2. The Labute approximate surface area is 66.4 Å². The zero-order valence-electron chi connectivity index (χ0n) is 6.49. The number of rotatable bonds is 2. The molecule has 1 fully saturated rings. The van der Waals surface area contributed by atoms with Crippen LogP contribution in [0.1, 0.15) is 31.1 Å². The van der Waals surface area contributed by atoms with Gasteiger partial charge in [-0.3, -0.25) is 0 Å². The van der Waals surface area contributed by atoms with Gasteiger partial charge in [-0.25, -0.2) is 0 Å². The lowest BCUT2D eigenvalue weighted by atomic mass is 9.79. The normalized spacial score (nSPS) is 21.2. The maximum atomic E-state index is 5.95. The van der Waals surface area contributed by atoms with Gasteiger partial charge in [0, 0.05) is 0 Å². The van der Waals surface area contributed by atoms with Crippen LogP contribution in [-0.2, 0) is 0 Å². The molecule has 0 spiro atoms. The van der Waals surface area contributed by atoms with Crippen LogP contribution >= 0.6 is 0 Å². The highest BCUT2D eigenvalue weighted by Crippen LogP contribution is 2.35. The van der Waals surface area contributed by atoms with Gasteiger partial charge in [-0.2, -0.15) is 0 Å². The Hall–Kier alpha value is -0.760. The largest absolute Gasteiger partial charge is 0.468 e. The molecule has 2 rings (SSSR count). The van der Waals surface area contributed by atoms with Gasteiger partial charge in [-0.1, -0.05) is 6.42 Å². The zero-order chi connectivity index (χ0) is 7.68. The maximum Gasteiger partial charge on any atom is 0.120 e. The second-order valence-electron chi connectivity index (χ2n) is 3.23. The second kappa shape index (κ2) is 2.70. The Morgan fingerprint density at radius 2 is 2.36 bits per heavy atom. The van der Waals surface area contributed by atoms with E-state index in [1.54, 1.807) is 6.26 Å². The van der Waals surface area contributed by atoms with Gasteiger partial charge >= 0.3 is 0 Å². The minimum absolute atomic E-state index is 0.138. The fourth-order valence-corrected chi connectivity index (χ4v) is 1.51. The molecule has 1 aliphatic carbocycles. The predicted molar refractivity (Wildman–Crippen MR) is 43.0 cm³/mol. The molecular weight excluding hydrogens is 138 g/mol. The first-order valence-electron chi connectivity index (χ1n) is 4.17. The zero-order valence-corrected chi connectivity index (χ0v) is 6.49. The van der Waals surface area contributed by atoms with Crippen LogP contribution in [0.3, 0.4) is 0 Å². The van der Waals surface area contributed by atoms with E-state index in [-0.39, 0.29) is 6.04 Å². The molecule has 0 radical (unpaired) electrons. The standard InChI is InChI=1S/C9H13NO/c10-9(7-3-1-4-7)8-5-2-6-11-8/h2,5-7,9H,1,3-4,10H2/t9-/m1/s1. The molecule has 0 aromatic carbocycles. The van der Waals surface area contributed by atoms with Gasteiger partial charge in [0.05, 0.1) is 12.3 Å². The number of furan rings is 1. The fourth-order valence-electron chi connectivity index (χ4n) is 1.51. The summed E-state index contributed by atoms with van der Waals surface area (Å²) in [6.07, 6.45) is 5.55. The average molecular weight is 151 g/mol. The topological polar surface area (TPSA) is 39.2 Å². The third kappa shape index (κ3) is 1.18. The van der Waals surface area contributed by atoms with Crippen molar-refractivity contribution in [2.24, 2.45) is 11.7 Å². The average Bonchev–Trinajstić information content (AvgIpc) is 2.32. The Balaban J connectivity index is 2.04. The maximum absolute atomic E-state index is 5.95. The predicted octanol–water partition coefficient (Wildman–Crippen LogP) is 2.08. The second-order valence-corrected chi connectivity index (χ2v) is 3.23. The van der Waals surface area contributed by atoms with Gasteiger partial charge in [0.2, 0.25) is 0 Å². The monoisotopic (exact) mass is 151 g/mol. The molecule has 1 aromatic rings. The summed E-state index contributed by atoms with van der Waals surface area (Å²) >= 11 is 0. The van der Waals surface area contributed by atoms with Crippen molar-refractivity contribution in [3.63, 3.8) is 0 Å². The molecule has 2 N–H and O–H groups in total. The third-order valence-electron chi connectivity index (χ3n) is 2.53. The van der Waals surface area contributed by atoms with E-state index < -0.39 is 0 Å². The van der Waals surface area contributed by atoms with Gasteiger partial charge in [0.15, 0.2) is 0 Å². The highest BCUT2D eigenvalue weighted by molar-refractivity contribution is 5.06. The number of nitrogens with two attached hydrogens (primary N) is 1. The lowest BCUT2D eigenvalue weighted by molar-refractivity contribution is 0.241. The third-order valence-corrected chi connectivity index (χ3v) is 2.53. The Bertz CT molecular complexity index is 213. The van der Waals surface area contributed by atoms with Crippen LogP contribution in [0.15, 0.2) is 22.8 Å². The molecule has 0 amide bonds. The Kier molecular flexibility index (Phi) is 1.70. The van der Waals surface area contributed by atoms with Crippen molar-refractivity contribution in [2.75, 3.05) is 0 Å². The smallest absolute Gasteiger partial charge is 0.120 e.